The summed E-state index contributed by atoms with van der Waals surface area (Å²) in [5.41, 5.74) is 2.34. The fraction of sp³-hybridized carbons (Fsp3) is 0.261. The van der Waals surface area contributed by atoms with Gasteiger partial charge in [0.2, 0.25) is 0 Å². The summed E-state index contributed by atoms with van der Waals surface area (Å²) in [7, 11) is 0. The molecule has 0 fully saturated rings. The fourth-order valence-electron chi connectivity index (χ4n) is 2.79. The lowest BCUT2D eigenvalue weighted by atomic mass is 10.1. The van der Waals surface area contributed by atoms with Gasteiger partial charge in [0.15, 0.2) is 6.10 Å². The Hall–Kier alpha value is -3.01. The minimum atomic E-state index is -0.562. The van der Waals surface area contributed by atoms with Crippen LogP contribution in [-0.4, -0.2) is 25.2 Å². The Morgan fingerprint density at radius 3 is 2.44 bits per heavy atom. The van der Waals surface area contributed by atoms with Gasteiger partial charge in [-0.05, 0) is 66.9 Å². The van der Waals surface area contributed by atoms with E-state index in [9.17, 15) is 4.79 Å². The van der Waals surface area contributed by atoms with E-state index in [-0.39, 0.29) is 5.91 Å². The van der Waals surface area contributed by atoms with E-state index in [1.165, 1.54) is 10.9 Å². The van der Waals surface area contributed by atoms with E-state index >= 15 is 0 Å². The molecular weight excluding hydrogens is 338 g/mol. The smallest absolute Gasteiger partial charge is 0.260 e. The van der Waals surface area contributed by atoms with E-state index in [2.05, 4.69) is 17.4 Å². The van der Waals surface area contributed by atoms with E-state index in [1.807, 2.05) is 62.4 Å². The summed E-state index contributed by atoms with van der Waals surface area (Å²) in [6.07, 6.45) is -0.562. The SMILES string of the molecule is Cc1ccc(O[C@@H](C)C(=O)NCCOc2ccc3ccccc3c2)cc1C. The van der Waals surface area contributed by atoms with Crippen molar-refractivity contribution in [3.05, 3.63) is 71.8 Å². The Balaban J connectivity index is 1.44. The number of carbonyl (C=O) groups excluding carboxylic acids is 1. The predicted octanol–water partition coefficient (Wildman–Crippen LogP) is 4.42. The van der Waals surface area contributed by atoms with E-state index in [4.69, 9.17) is 9.47 Å². The third-order valence-electron chi connectivity index (χ3n) is 4.55. The zero-order valence-electron chi connectivity index (χ0n) is 16.0. The standard InChI is InChI=1S/C23H25NO3/c1-16-8-10-22(14-17(16)2)27-18(3)23(25)24-12-13-26-21-11-9-19-6-4-5-7-20(19)15-21/h4-11,14-15,18H,12-13H2,1-3H3,(H,24,25)/t18-/m0/s1. The van der Waals surface area contributed by atoms with Crippen molar-refractivity contribution < 1.29 is 14.3 Å². The predicted molar refractivity (Wildman–Crippen MR) is 108 cm³/mol. The second kappa shape index (κ2) is 8.58. The van der Waals surface area contributed by atoms with Gasteiger partial charge in [0.05, 0.1) is 6.54 Å². The Labute approximate surface area is 160 Å². The molecule has 3 rings (SSSR count). The molecule has 0 unspecified atom stereocenters. The highest BCUT2D eigenvalue weighted by Gasteiger charge is 2.14. The molecule has 4 heteroatoms. The lowest BCUT2D eigenvalue weighted by Gasteiger charge is -2.16. The van der Waals surface area contributed by atoms with Crippen LogP contribution in [0.2, 0.25) is 0 Å². The number of hydrogen-bond acceptors (Lipinski definition) is 3. The summed E-state index contributed by atoms with van der Waals surface area (Å²) in [5, 5.41) is 5.16. The van der Waals surface area contributed by atoms with Crippen molar-refractivity contribution in [3.8, 4) is 11.5 Å². The number of nitrogens with one attached hydrogen (secondary N) is 1. The van der Waals surface area contributed by atoms with Gasteiger partial charge in [-0.15, -0.1) is 0 Å². The van der Waals surface area contributed by atoms with Gasteiger partial charge in [-0.1, -0.05) is 36.4 Å². The number of rotatable bonds is 7. The summed E-state index contributed by atoms with van der Waals surface area (Å²) in [6, 6.07) is 19.9. The number of aryl methyl sites for hydroxylation is 2. The van der Waals surface area contributed by atoms with Gasteiger partial charge in [-0.25, -0.2) is 0 Å². The minimum Gasteiger partial charge on any atom is -0.492 e. The highest BCUT2D eigenvalue weighted by Crippen LogP contribution is 2.20. The van der Waals surface area contributed by atoms with Crippen molar-refractivity contribution in [2.24, 2.45) is 0 Å². The molecule has 140 valence electrons. The second-order valence-electron chi connectivity index (χ2n) is 6.65. The molecule has 0 aliphatic carbocycles. The van der Waals surface area contributed by atoms with Gasteiger partial charge in [-0.2, -0.15) is 0 Å². The molecule has 3 aromatic carbocycles. The molecule has 0 saturated heterocycles. The molecule has 1 amide bonds. The van der Waals surface area contributed by atoms with Crippen molar-refractivity contribution in [2.75, 3.05) is 13.2 Å². The first kappa shape index (κ1) is 18.8. The zero-order chi connectivity index (χ0) is 19.2. The van der Waals surface area contributed by atoms with Crippen molar-refractivity contribution in [2.45, 2.75) is 26.9 Å². The molecule has 0 heterocycles. The largest absolute Gasteiger partial charge is 0.492 e. The molecule has 3 aromatic rings. The van der Waals surface area contributed by atoms with Crippen LogP contribution in [0.15, 0.2) is 60.7 Å². The quantitative estimate of drug-likeness (QED) is 0.632. The topological polar surface area (TPSA) is 47.6 Å². The third-order valence-corrected chi connectivity index (χ3v) is 4.55. The van der Waals surface area contributed by atoms with Crippen LogP contribution >= 0.6 is 0 Å². The van der Waals surface area contributed by atoms with Crippen LogP contribution in [0.25, 0.3) is 10.8 Å². The molecule has 4 nitrogen and oxygen atoms in total. The molecule has 0 spiro atoms. The molecular formula is C23H25NO3. The average Bonchev–Trinajstić information content (AvgIpc) is 2.67. The second-order valence-corrected chi connectivity index (χ2v) is 6.65. The van der Waals surface area contributed by atoms with Gasteiger partial charge in [0.25, 0.3) is 5.91 Å². The zero-order valence-corrected chi connectivity index (χ0v) is 16.0. The Kier molecular flexibility index (Phi) is 5.97. The van der Waals surface area contributed by atoms with Crippen LogP contribution in [0, 0.1) is 13.8 Å². The molecule has 27 heavy (non-hydrogen) atoms. The van der Waals surface area contributed by atoms with Crippen LogP contribution in [0.1, 0.15) is 18.1 Å². The molecule has 1 atom stereocenters. The van der Waals surface area contributed by atoms with E-state index < -0.39 is 6.10 Å². The Bertz CT molecular complexity index is 936. The number of hydrogen-bond donors (Lipinski definition) is 1. The summed E-state index contributed by atoms with van der Waals surface area (Å²) in [5.74, 6) is 1.34. The van der Waals surface area contributed by atoms with E-state index in [0.29, 0.717) is 18.9 Å². The highest BCUT2D eigenvalue weighted by molar-refractivity contribution is 5.83. The molecule has 0 bridgehead atoms. The molecule has 1 N–H and O–H groups in total. The van der Waals surface area contributed by atoms with Crippen molar-refractivity contribution >= 4 is 16.7 Å². The van der Waals surface area contributed by atoms with E-state index in [0.717, 1.165) is 16.7 Å². The fourth-order valence-corrected chi connectivity index (χ4v) is 2.79. The maximum absolute atomic E-state index is 12.2. The lowest BCUT2D eigenvalue weighted by Crippen LogP contribution is -2.38. The summed E-state index contributed by atoms with van der Waals surface area (Å²) >= 11 is 0. The molecule has 0 aliphatic rings. The first-order valence-corrected chi connectivity index (χ1v) is 9.16. The van der Waals surface area contributed by atoms with E-state index in [1.54, 1.807) is 6.92 Å². The van der Waals surface area contributed by atoms with Crippen LogP contribution in [0.5, 0.6) is 11.5 Å². The Morgan fingerprint density at radius 1 is 0.926 bits per heavy atom. The number of ether oxygens (including phenoxy) is 2. The monoisotopic (exact) mass is 363 g/mol. The molecule has 0 saturated carbocycles. The maximum Gasteiger partial charge on any atom is 0.260 e. The molecule has 0 aliphatic heterocycles. The van der Waals surface area contributed by atoms with Crippen LogP contribution in [-0.2, 0) is 4.79 Å². The van der Waals surface area contributed by atoms with Gasteiger partial charge in [0, 0.05) is 0 Å². The number of benzene rings is 3. The normalized spacial score (nSPS) is 11.8. The van der Waals surface area contributed by atoms with Gasteiger partial charge >= 0.3 is 0 Å². The van der Waals surface area contributed by atoms with Gasteiger partial charge in [0.1, 0.15) is 18.1 Å². The molecule has 0 aromatic heterocycles. The van der Waals surface area contributed by atoms with Crippen LogP contribution < -0.4 is 14.8 Å². The summed E-state index contributed by atoms with van der Waals surface area (Å²) < 4.78 is 11.5. The number of carbonyl (C=O) groups is 1. The van der Waals surface area contributed by atoms with Gasteiger partial charge in [-0.3, -0.25) is 4.79 Å². The number of fused-ring (bicyclic) bond motifs is 1. The van der Waals surface area contributed by atoms with Gasteiger partial charge < -0.3 is 14.8 Å². The summed E-state index contributed by atoms with van der Waals surface area (Å²) in [4.78, 5) is 12.2. The minimum absolute atomic E-state index is 0.157. The van der Waals surface area contributed by atoms with Crippen LogP contribution in [0.4, 0.5) is 0 Å². The lowest BCUT2D eigenvalue weighted by molar-refractivity contribution is -0.127. The number of amides is 1. The van der Waals surface area contributed by atoms with Crippen LogP contribution in [0.3, 0.4) is 0 Å². The van der Waals surface area contributed by atoms with Crippen molar-refractivity contribution in [3.63, 3.8) is 0 Å². The third kappa shape index (κ3) is 5.00. The maximum atomic E-state index is 12.2. The Morgan fingerprint density at radius 2 is 1.67 bits per heavy atom. The highest BCUT2D eigenvalue weighted by atomic mass is 16.5. The molecule has 0 radical (unpaired) electrons. The van der Waals surface area contributed by atoms with Crippen molar-refractivity contribution in [1.29, 1.82) is 0 Å². The first-order valence-electron chi connectivity index (χ1n) is 9.16. The summed E-state index contributed by atoms with van der Waals surface area (Å²) in [6.45, 7) is 6.64. The first-order chi connectivity index (χ1) is 13.0. The average molecular weight is 363 g/mol. The van der Waals surface area contributed by atoms with Crippen molar-refractivity contribution in [1.82, 2.24) is 5.32 Å².